The fourth-order valence-corrected chi connectivity index (χ4v) is 6.53. The van der Waals surface area contributed by atoms with Crippen LogP contribution in [0.4, 0.5) is 5.82 Å². The van der Waals surface area contributed by atoms with Crippen molar-refractivity contribution >= 4 is 40.4 Å². The molecule has 12 nitrogen and oxygen atoms in total. The molecule has 45 heavy (non-hydrogen) atoms. The SMILES string of the molecule is CC(=O)N1CCN(c2ccc3cc(CN4CC[C@H](Oc5ccc6c(c5)CN(C(CCC(=O)O)C(N)=O)C6=O)C4)ccc3n2)CC1. The second-order valence-electron chi connectivity index (χ2n) is 12.1. The quantitative estimate of drug-likeness (QED) is 0.351. The molecule has 4 heterocycles. The smallest absolute Gasteiger partial charge is 0.303 e. The highest BCUT2D eigenvalue weighted by Gasteiger charge is 2.36. The topological polar surface area (TPSA) is 150 Å². The van der Waals surface area contributed by atoms with E-state index in [1.165, 1.54) is 10.5 Å². The van der Waals surface area contributed by atoms with Gasteiger partial charge in [-0.2, -0.15) is 0 Å². The lowest BCUT2D eigenvalue weighted by Gasteiger charge is -2.35. The van der Waals surface area contributed by atoms with Crippen molar-refractivity contribution in [2.24, 2.45) is 5.73 Å². The number of pyridine rings is 1. The molecule has 3 amide bonds. The van der Waals surface area contributed by atoms with Crippen LogP contribution in [-0.4, -0.2) is 99.9 Å². The number of hydrogen-bond acceptors (Lipinski definition) is 8. The number of piperazine rings is 1. The highest BCUT2D eigenvalue weighted by atomic mass is 16.5. The number of hydrogen-bond donors (Lipinski definition) is 2. The molecule has 0 bridgehead atoms. The Morgan fingerprint density at radius 3 is 2.58 bits per heavy atom. The number of aliphatic carboxylic acids is 1. The number of nitrogens with two attached hydrogens (primary N) is 1. The van der Waals surface area contributed by atoms with Crippen molar-refractivity contribution < 1.29 is 29.0 Å². The molecule has 236 valence electrons. The van der Waals surface area contributed by atoms with Crippen LogP contribution in [0.2, 0.25) is 0 Å². The second kappa shape index (κ2) is 12.7. The first kappa shape index (κ1) is 30.3. The highest BCUT2D eigenvalue weighted by Crippen LogP contribution is 2.31. The van der Waals surface area contributed by atoms with Gasteiger partial charge >= 0.3 is 5.97 Å². The molecule has 3 aliphatic rings. The molecule has 0 aliphatic carbocycles. The Bertz CT molecular complexity index is 1640. The third-order valence-corrected chi connectivity index (χ3v) is 8.97. The predicted molar refractivity (Wildman–Crippen MR) is 167 cm³/mol. The molecule has 0 spiro atoms. The number of primary amides is 1. The highest BCUT2D eigenvalue weighted by molar-refractivity contribution is 6.01. The fourth-order valence-electron chi connectivity index (χ4n) is 6.53. The summed E-state index contributed by atoms with van der Waals surface area (Å²) in [7, 11) is 0. The van der Waals surface area contributed by atoms with Gasteiger partial charge in [-0.25, -0.2) is 4.98 Å². The Labute approximate surface area is 261 Å². The van der Waals surface area contributed by atoms with E-state index in [0.717, 1.165) is 61.4 Å². The van der Waals surface area contributed by atoms with Crippen LogP contribution in [-0.2, 0) is 27.5 Å². The molecule has 3 aliphatic heterocycles. The summed E-state index contributed by atoms with van der Waals surface area (Å²) in [6.07, 6.45) is 0.592. The predicted octanol–water partition coefficient (Wildman–Crippen LogP) is 2.23. The largest absolute Gasteiger partial charge is 0.489 e. The normalized spacial score (nSPS) is 19.2. The van der Waals surface area contributed by atoms with Crippen molar-refractivity contribution in [1.29, 1.82) is 0 Å². The number of carboxylic acids is 1. The molecule has 2 saturated heterocycles. The van der Waals surface area contributed by atoms with Gasteiger partial charge in [-0.3, -0.25) is 24.1 Å². The van der Waals surface area contributed by atoms with Crippen LogP contribution in [0, 0.1) is 0 Å². The molecule has 2 aromatic carbocycles. The molecule has 2 fully saturated rings. The number of carbonyl (C=O) groups is 4. The van der Waals surface area contributed by atoms with Gasteiger partial charge in [0.05, 0.1) is 5.52 Å². The first-order valence-electron chi connectivity index (χ1n) is 15.4. The van der Waals surface area contributed by atoms with Gasteiger partial charge in [-0.15, -0.1) is 0 Å². The first-order chi connectivity index (χ1) is 21.6. The maximum absolute atomic E-state index is 13.0. The third kappa shape index (κ3) is 6.70. The Morgan fingerprint density at radius 2 is 1.84 bits per heavy atom. The van der Waals surface area contributed by atoms with Crippen LogP contribution in [0.25, 0.3) is 10.9 Å². The van der Waals surface area contributed by atoms with E-state index in [-0.39, 0.29) is 37.3 Å². The average Bonchev–Trinajstić information content (AvgIpc) is 3.59. The number of rotatable bonds is 10. The van der Waals surface area contributed by atoms with E-state index in [1.54, 1.807) is 19.1 Å². The number of carbonyl (C=O) groups excluding carboxylic acids is 3. The van der Waals surface area contributed by atoms with Crippen molar-refractivity contribution in [3.05, 3.63) is 65.2 Å². The third-order valence-electron chi connectivity index (χ3n) is 8.97. The van der Waals surface area contributed by atoms with Crippen molar-refractivity contribution in [3.63, 3.8) is 0 Å². The Hall–Kier alpha value is -4.71. The van der Waals surface area contributed by atoms with Gasteiger partial charge in [0.15, 0.2) is 0 Å². The van der Waals surface area contributed by atoms with Crippen molar-refractivity contribution in [2.75, 3.05) is 44.2 Å². The van der Waals surface area contributed by atoms with E-state index < -0.39 is 17.9 Å². The molecule has 2 atom stereocenters. The standard InChI is InChI=1S/C33H38N6O6/c1-21(40)37-12-14-38(15-13-37)30-8-3-23-16-22(2-6-28(23)35-30)18-36-11-10-26(20-36)45-25-4-5-27-24(17-25)19-39(33(27)44)29(32(34)43)7-9-31(41)42/h2-6,8,16-17,26,29H,7,9-15,18-20H2,1H3,(H2,34,43)(H,41,42)/t26-,29?/m0/s1. The molecule has 1 unspecified atom stereocenters. The van der Waals surface area contributed by atoms with Gasteiger partial charge in [0.2, 0.25) is 11.8 Å². The molecular formula is C33H38N6O6. The maximum Gasteiger partial charge on any atom is 0.303 e. The monoisotopic (exact) mass is 614 g/mol. The van der Waals surface area contributed by atoms with Crippen LogP contribution in [0.3, 0.4) is 0 Å². The minimum Gasteiger partial charge on any atom is -0.489 e. The number of fused-ring (bicyclic) bond motifs is 2. The average molecular weight is 615 g/mol. The minimum atomic E-state index is -1.05. The van der Waals surface area contributed by atoms with E-state index >= 15 is 0 Å². The number of likely N-dealkylation sites (tertiary alicyclic amines) is 1. The zero-order chi connectivity index (χ0) is 31.7. The van der Waals surface area contributed by atoms with Gasteiger partial charge in [-0.1, -0.05) is 6.07 Å². The minimum absolute atomic E-state index is 0.00153. The summed E-state index contributed by atoms with van der Waals surface area (Å²) >= 11 is 0. The molecule has 12 heteroatoms. The summed E-state index contributed by atoms with van der Waals surface area (Å²) in [6.45, 7) is 7.24. The summed E-state index contributed by atoms with van der Waals surface area (Å²) in [5.74, 6) is -0.374. The fraction of sp³-hybridized carbons (Fsp3) is 0.424. The first-order valence-corrected chi connectivity index (χ1v) is 15.4. The zero-order valence-corrected chi connectivity index (χ0v) is 25.4. The Balaban J connectivity index is 1.04. The number of anilines is 1. The number of amides is 3. The molecule has 1 aromatic heterocycles. The van der Waals surface area contributed by atoms with Gasteiger partial charge in [0.1, 0.15) is 23.7 Å². The number of ether oxygens (including phenoxy) is 1. The Morgan fingerprint density at radius 1 is 1.04 bits per heavy atom. The van der Waals surface area contributed by atoms with E-state index in [4.69, 9.17) is 20.6 Å². The lowest BCUT2D eigenvalue weighted by atomic mass is 10.1. The Kier molecular flexibility index (Phi) is 8.57. The van der Waals surface area contributed by atoms with Gasteiger partial charge < -0.3 is 30.3 Å². The van der Waals surface area contributed by atoms with Crippen molar-refractivity contribution in [2.45, 2.75) is 51.4 Å². The van der Waals surface area contributed by atoms with E-state index in [1.807, 2.05) is 11.0 Å². The van der Waals surface area contributed by atoms with Crippen LogP contribution in [0.15, 0.2) is 48.5 Å². The molecule has 6 rings (SSSR count). The zero-order valence-electron chi connectivity index (χ0n) is 25.4. The molecule has 3 N–H and O–H groups in total. The number of nitrogens with zero attached hydrogens (tertiary/aromatic N) is 5. The number of carboxylic acid groups (broad SMARTS) is 1. The molecule has 3 aromatic rings. The molecular weight excluding hydrogens is 576 g/mol. The summed E-state index contributed by atoms with van der Waals surface area (Å²) < 4.78 is 6.31. The van der Waals surface area contributed by atoms with E-state index in [9.17, 15) is 19.2 Å². The van der Waals surface area contributed by atoms with Gasteiger partial charge in [0, 0.05) is 76.7 Å². The van der Waals surface area contributed by atoms with Crippen LogP contribution in [0.5, 0.6) is 5.75 Å². The van der Waals surface area contributed by atoms with Crippen molar-refractivity contribution in [3.8, 4) is 5.75 Å². The lowest BCUT2D eigenvalue weighted by molar-refractivity contribution is -0.137. The maximum atomic E-state index is 13.0. The summed E-state index contributed by atoms with van der Waals surface area (Å²) in [4.78, 5) is 60.3. The molecule has 0 radical (unpaired) electrons. The van der Waals surface area contributed by atoms with Crippen LogP contribution >= 0.6 is 0 Å². The van der Waals surface area contributed by atoms with Crippen LogP contribution < -0.4 is 15.4 Å². The van der Waals surface area contributed by atoms with Gasteiger partial charge in [0.25, 0.3) is 5.91 Å². The van der Waals surface area contributed by atoms with Crippen LogP contribution in [0.1, 0.15) is 47.7 Å². The summed E-state index contributed by atoms with van der Waals surface area (Å²) in [6, 6.07) is 14.9. The number of benzene rings is 2. The lowest BCUT2D eigenvalue weighted by Crippen LogP contribution is -2.48. The second-order valence-corrected chi connectivity index (χ2v) is 12.1. The summed E-state index contributed by atoms with van der Waals surface area (Å²) in [5, 5.41) is 10.1. The molecule has 0 saturated carbocycles. The van der Waals surface area contributed by atoms with E-state index in [2.05, 4.69) is 40.1 Å². The summed E-state index contributed by atoms with van der Waals surface area (Å²) in [5.41, 5.74) is 8.88. The number of aromatic nitrogens is 1. The van der Waals surface area contributed by atoms with Gasteiger partial charge in [-0.05, 0) is 66.4 Å². The van der Waals surface area contributed by atoms with E-state index in [0.29, 0.717) is 24.4 Å². The van der Waals surface area contributed by atoms with Crippen molar-refractivity contribution in [1.82, 2.24) is 19.7 Å².